The largest absolute Gasteiger partial charge is 0.367 e. The van der Waals surface area contributed by atoms with Gasteiger partial charge < -0.3 is 4.74 Å². The summed E-state index contributed by atoms with van der Waals surface area (Å²) >= 11 is 0. The highest BCUT2D eigenvalue weighted by atomic mass is 32.2. The minimum absolute atomic E-state index is 0.139. The van der Waals surface area contributed by atoms with Crippen molar-refractivity contribution in [3.63, 3.8) is 0 Å². The average Bonchev–Trinajstić information content (AvgIpc) is 2.86. The van der Waals surface area contributed by atoms with E-state index in [0.717, 1.165) is 5.56 Å². The molecule has 0 bridgehead atoms. The monoisotopic (exact) mass is 239 g/mol. The first-order valence-electron chi connectivity index (χ1n) is 5.30. The van der Waals surface area contributed by atoms with Crippen LogP contribution in [0.15, 0.2) is 29.2 Å². The molecule has 2 fully saturated rings. The number of morpholine rings is 1. The Balaban J connectivity index is 1.89. The van der Waals surface area contributed by atoms with Crippen LogP contribution in [0.2, 0.25) is 0 Å². The van der Waals surface area contributed by atoms with Crippen molar-refractivity contribution in [3.8, 4) is 0 Å². The molecule has 2 aliphatic heterocycles. The van der Waals surface area contributed by atoms with E-state index >= 15 is 0 Å². The van der Waals surface area contributed by atoms with Gasteiger partial charge in [-0.1, -0.05) is 17.7 Å². The molecule has 0 aromatic heterocycles. The summed E-state index contributed by atoms with van der Waals surface area (Å²) in [4.78, 5) is 0.374. The smallest absolute Gasteiger partial charge is 0.243 e. The molecule has 0 amide bonds. The number of epoxide rings is 1. The van der Waals surface area contributed by atoms with Crippen molar-refractivity contribution in [1.82, 2.24) is 4.31 Å². The van der Waals surface area contributed by atoms with Crippen LogP contribution in [0, 0.1) is 6.92 Å². The van der Waals surface area contributed by atoms with E-state index in [-0.39, 0.29) is 12.2 Å². The van der Waals surface area contributed by atoms with Crippen molar-refractivity contribution < 1.29 is 13.2 Å². The molecule has 2 saturated heterocycles. The van der Waals surface area contributed by atoms with E-state index in [9.17, 15) is 8.42 Å². The zero-order chi connectivity index (χ0) is 11.3. The summed E-state index contributed by atoms with van der Waals surface area (Å²) in [5, 5.41) is 0. The van der Waals surface area contributed by atoms with Crippen molar-refractivity contribution in [2.45, 2.75) is 24.0 Å². The molecular weight excluding hydrogens is 226 g/mol. The minimum Gasteiger partial charge on any atom is -0.367 e. The molecule has 2 atom stereocenters. The van der Waals surface area contributed by atoms with Gasteiger partial charge in [0.1, 0.15) is 0 Å². The second-order valence-electron chi connectivity index (χ2n) is 4.35. The molecule has 4 nitrogen and oxygen atoms in total. The standard InChI is InChI=1S/C11H13NO3S/c1-8-2-4-9(5-3-8)16(13,14)12-6-10-11(7-12)15-10/h2-5,10-11H,6-7H2,1H3/t10-,11+. The van der Waals surface area contributed by atoms with Gasteiger partial charge in [-0.05, 0) is 19.1 Å². The van der Waals surface area contributed by atoms with Crippen molar-refractivity contribution in [2.24, 2.45) is 0 Å². The van der Waals surface area contributed by atoms with Gasteiger partial charge in [-0.2, -0.15) is 4.31 Å². The lowest BCUT2D eigenvalue weighted by Crippen LogP contribution is -2.31. The van der Waals surface area contributed by atoms with Crippen molar-refractivity contribution in [1.29, 1.82) is 0 Å². The average molecular weight is 239 g/mol. The van der Waals surface area contributed by atoms with Crippen LogP contribution in [0.1, 0.15) is 5.56 Å². The third kappa shape index (κ3) is 1.55. The van der Waals surface area contributed by atoms with Crippen molar-refractivity contribution >= 4 is 10.0 Å². The quantitative estimate of drug-likeness (QED) is 0.716. The van der Waals surface area contributed by atoms with Crippen LogP contribution in [-0.2, 0) is 14.8 Å². The Morgan fingerprint density at radius 2 is 1.75 bits per heavy atom. The maximum absolute atomic E-state index is 12.2. The Hall–Kier alpha value is -0.910. The van der Waals surface area contributed by atoms with Gasteiger partial charge in [0.2, 0.25) is 10.0 Å². The predicted octanol–water partition coefficient (Wildman–Crippen LogP) is 0.767. The van der Waals surface area contributed by atoms with Gasteiger partial charge in [-0.15, -0.1) is 0 Å². The lowest BCUT2D eigenvalue weighted by Gasteiger charge is -2.17. The first-order chi connectivity index (χ1) is 7.57. The summed E-state index contributed by atoms with van der Waals surface area (Å²) in [6.07, 6.45) is 0.278. The van der Waals surface area contributed by atoms with Gasteiger partial charge in [-0.3, -0.25) is 0 Å². The zero-order valence-electron chi connectivity index (χ0n) is 8.96. The molecule has 0 N–H and O–H groups in total. The third-order valence-electron chi connectivity index (χ3n) is 3.11. The molecule has 1 aromatic rings. The van der Waals surface area contributed by atoms with E-state index in [1.807, 2.05) is 19.1 Å². The van der Waals surface area contributed by atoms with E-state index in [1.54, 1.807) is 12.1 Å². The Kier molecular flexibility index (Phi) is 2.11. The number of fused-ring (bicyclic) bond motifs is 1. The van der Waals surface area contributed by atoms with Gasteiger partial charge in [-0.25, -0.2) is 8.42 Å². The lowest BCUT2D eigenvalue weighted by atomic mass is 10.2. The molecule has 0 saturated carbocycles. The molecule has 3 rings (SSSR count). The Morgan fingerprint density at radius 1 is 1.19 bits per heavy atom. The van der Waals surface area contributed by atoms with Crippen molar-refractivity contribution in [3.05, 3.63) is 29.8 Å². The fourth-order valence-electron chi connectivity index (χ4n) is 2.03. The number of sulfonamides is 1. The van der Waals surface area contributed by atoms with E-state index < -0.39 is 10.0 Å². The highest BCUT2D eigenvalue weighted by Crippen LogP contribution is 2.33. The number of benzene rings is 1. The highest BCUT2D eigenvalue weighted by molar-refractivity contribution is 7.89. The van der Waals surface area contributed by atoms with Crippen LogP contribution < -0.4 is 0 Å². The number of hydrogen-bond donors (Lipinski definition) is 0. The number of hydrogen-bond acceptors (Lipinski definition) is 3. The molecule has 2 heterocycles. The first-order valence-corrected chi connectivity index (χ1v) is 6.74. The van der Waals surface area contributed by atoms with E-state index in [0.29, 0.717) is 18.0 Å². The molecular formula is C11H13NO3S. The van der Waals surface area contributed by atoms with Gasteiger partial charge in [0.25, 0.3) is 0 Å². The van der Waals surface area contributed by atoms with Gasteiger partial charge in [0.15, 0.2) is 0 Å². The second-order valence-corrected chi connectivity index (χ2v) is 6.29. The minimum atomic E-state index is -3.30. The number of ether oxygens (including phenoxy) is 1. The van der Waals surface area contributed by atoms with Crippen LogP contribution in [0.4, 0.5) is 0 Å². The maximum atomic E-state index is 12.2. The Morgan fingerprint density at radius 3 is 2.31 bits per heavy atom. The van der Waals surface area contributed by atoms with Crippen LogP contribution in [0.25, 0.3) is 0 Å². The van der Waals surface area contributed by atoms with Crippen LogP contribution >= 0.6 is 0 Å². The summed E-state index contributed by atoms with van der Waals surface area (Å²) in [5.74, 6) is 0. The number of aryl methyl sites for hydroxylation is 1. The predicted molar refractivity (Wildman–Crippen MR) is 58.6 cm³/mol. The van der Waals surface area contributed by atoms with Gasteiger partial charge >= 0.3 is 0 Å². The highest BCUT2D eigenvalue weighted by Gasteiger charge is 2.50. The molecule has 86 valence electrons. The molecule has 1 aromatic carbocycles. The topological polar surface area (TPSA) is 49.9 Å². The fourth-order valence-corrected chi connectivity index (χ4v) is 3.50. The first kappa shape index (κ1) is 10.3. The molecule has 0 radical (unpaired) electrons. The van der Waals surface area contributed by atoms with Crippen LogP contribution in [0.3, 0.4) is 0 Å². The normalized spacial score (nSPS) is 29.1. The zero-order valence-corrected chi connectivity index (χ0v) is 9.78. The van der Waals surface area contributed by atoms with Gasteiger partial charge in [0, 0.05) is 13.1 Å². The summed E-state index contributed by atoms with van der Waals surface area (Å²) in [5.41, 5.74) is 1.06. The SMILES string of the molecule is Cc1ccc(S(=O)(=O)N2C[C@@H]3O[C@@H]3C2)cc1. The van der Waals surface area contributed by atoms with Crippen LogP contribution in [0.5, 0.6) is 0 Å². The fraction of sp³-hybridized carbons (Fsp3) is 0.455. The summed E-state index contributed by atoms with van der Waals surface area (Å²) in [6, 6.07) is 6.96. The molecule has 0 aliphatic carbocycles. The van der Waals surface area contributed by atoms with E-state index in [1.165, 1.54) is 4.31 Å². The summed E-state index contributed by atoms with van der Waals surface area (Å²) in [6.45, 7) is 2.94. The molecule has 16 heavy (non-hydrogen) atoms. The molecule has 5 heteroatoms. The van der Waals surface area contributed by atoms with Crippen molar-refractivity contribution in [2.75, 3.05) is 13.1 Å². The summed E-state index contributed by atoms with van der Waals surface area (Å²) < 4.78 is 31.1. The Bertz CT molecular complexity index is 499. The second kappa shape index (κ2) is 3.29. The Labute approximate surface area is 94.9 Å². The molecule has 0 spiro atoms. The number of rotatable bonds is 2. The maximum Gasteiger partial charge on any atom is 0.243 e. The van der Waals surface area contributed by atoms with Crippen LogP contribution in [-0.4, -0.2) is 38.0 Å². The molecule has 0 unspecified atom stereocenters. The molecule has 2 aliphatic rings. The third-order valence-corrected chi connectivity index (χ3v) is 4.96. The number of nitrogens with zero attached hydrogens (tertiary/aromatic N) is 1. The summed E-state index contributed by atoms with van der Waals surface area (Å²) in [7, 11) is -3.30. The van der Waals surface area contributed by atoms with E-state index in [2.05, 4.69) is 0 Å². The lowest BCUT2D eigenvalue weighted by molar-refractivity contribution is 0.272. The van der Waals surface area contributed by atoms with E-state index in [4.69, 9.17) is 4.74 Å². The van der Waals surface area contributed by atoms with Gasteiger partial charge in [0.05, 0.1) is 17.1 Å².